The lowest BCUT2D eigenvalue weighted by molar-refractivity contribution is 0.138. The molecule has 1 saturated heterocycles. The van der Waals surface area contributed by atoms with E-state index < -0.39 is 0 Å². The van der Waals surface area contributed by atoms with Gasteiger partial charge < -0.3 is 10.1 Å². The molecule has 2 nitrogen and oxygen atoms in total. The van der Waals surface area contributed by atoms with Crippen LogP contribution in [0.4, 0.5) is 0 Å². The minimum absolute atomic E-state index is 0.719. The largest absolute Gasteiger partial charge is 0.380 e. The molecule has 0 aromatic rings. The van der Waals surface area contributed by atoms with Crippen LogP contribution in [0.2, 0.25) is 0 Å². The molecule has 1 aliphatic heterocycles. The van der Waals surface area contributed by atoms with Crippen molar-refractivity contribution in [2.24, 2.45) is 0 Å². The summed E-state index contributed by atoms with van der Waals surface area (Å²) in [5.41, 5.74) is 0. The molecule has 1 rings (SSSR count). The second-order valence-electron chi connectivity index (χ2n) is 3.56. The molecule has 1 fully saturated rings. The summed E-state index contributed by atoms with van der Waals surface area (Å²) < 4.78 is 5.42. The van der Waals surface area contributed by atoms with E-state index in [1.54, 1.807) is 0 Å². The van der Waals surface area contributed by atoms with Gasteiger partial charge in [0.25, 0.3) is 0 Å². The van der Waals surface area contributed by atoms with Gasteiger partial charge >= 0.3 is 0 Å². The Labute approximate surface area is 91.5 Å². The van der Waals surface area contributed by atoms with Gasteiger partial charge in [-0.05, 0) is 25.0 Å². The molecule has 0 aliphatic carbocycles. The summed E-state index contributed by atoms with van der Waals surface area (Å²) in [7, 11) is 0. The third-order valence-corrected chi connectivity index (χ3v) is 3.52. The molecule has 1 aliphatic rings. The molecule has 0 radical (unpaired) electrons. The first kappa shape index (κ1) is 12.1. The van der Waals surface area contributed by atoms with Gasteiger partial charge in [0.15, 0.2) is 0 Å². The fourth-order valence-electron chi connectivity index (χ4n) is 1.51. The Morgan fingerprint density at radius 3 is 3.14 bits per heavy atom. The highest BCUT2D eigenvalue weighted by Crippen LogP contribution is 2.16. The molecule has 82 valence electrons. The second-order valence-corrected chi connectivity index (χ2v) is 4.71. The van der Waals surface area contributed by atoms with E-state index in [9.17, 15) is 0 Å². The van der Waals surface area contributed by atoms with Gasteiger partial charge in [-0.25, -0.2) is 0 Å². The third kappa shape index (κ3) is 5.68. The Bertz CT molecular complexity index is 146. The fraction of sp³-hybridized carbons (Fsp3) is 0.818. The lowest BCUT2D eigenvalue weighted by atomic mass is 10.2. The average molecular weight is 215 g/mol. The van der Waals surface area contributed by atoms with E-state index in [-0.39, 0.29) is 0 Å². The Morgan fingerprint density at radius 2 is 2.43 bits per heavy atom. The summed E-state index contributed by atoms with van der Waals surface area (Å²) in [4.78, 5) is 0. The van der Waals surface area contributed by atoms with E-state index in [0.29, 0.717) is 0 Å². The predicted molar refractivity (Wildman–Crippen MR) is 64.0 cm³/mol. The number of ether oxygens (including phenoxy) is 1. The average Bonchev–Trinajstić information content (AvgIpc) is 2.25. The maximum atomic E-state index is 5.42. The van der Waals surface area contributed by atoms with E-state index >= 15 is 0 Å². The van der Waals surface area contributed by atoms with Gasteiger partial charge in [0, 0.05) is 18.3 Å². The Kier molecular flexibility index (Phi) is 7.19. The van der Waals surface area contributed by atoms with Crippen molar-refractivity contribution in [2.45, 2.75) is 25.3 Å². The first-order valence-electron chi connectivity index (χ1n) is 5.43. The molecule has 3 heteroatoms. The maximum absolute atomic E-state index is 5.42. The van der Waals surface area contributed by atoms with Gasteiger partial charge in [-0.2, -0.15) is 11.8 Å². The normalized spacial score (nSPS) is 22.1. The van der Waals surface area contributed by atoms with Gasteiger partial charge in [0.2, 0.25) is 0 Å². The van der Waals surface area contributed by atoms with E-state index in [1.807, 2.05) is 6.08 Å². The van der Waals surface area contributed by atoms with Crippen LogP contribution >= 0.6 is 11.8 Å². The van der Waals surface area contributed by atoms with Gasteiger partial charge in [-0.3, -0.25) is 0 Å². The van der Waals surface area contributed by atoms with E-state index in [0.717, 1.165) is 32.2 Å². The molecule has 1 N–H and O–H groups in total. The molecule has 0 amide bonds. The number of nitrogens with one attached hydrogen (secondary N) is 1. The van der Waals surface area contributed by atoms with Crippen molar-refractivity contribution >= 4 is 11.8 Å². The van der Waals surface area contributed by atoms with Gasteiger partial charge in [-0.1, -0.05) is 6.08 Å². The summed E-state index contributed by atoms with van der Waals surface area (Å²) in [5, 5.41) is 3.53. The van der Waals surface area contributed by atoms with Crippen LogP contribution in [-0.4, -0.2) is 37.3 Å². The van der Waals surface area contributed by atoms with Crippen molar-refractivity contribution in [2.75, 3.05) is 31.3 Å². The molecule has 0 spiro atoms. The summed E-state index contributed by atoms with van der Waals surface area (Å²) in [5.74, 6) is 2.61. The van der Waals surface area contributed by atoms with Gasteiger partial charge in [0.1, 0.15) is 0 Å². The molecule has 0 saturated carbocycles. The van der Waals surface area contributed by atoms with Crippen LogP contribution in [0.3, 0.4) is 0 Å². The standard InChI is InChI=1S/C11H21NOS/c1-2-3-7-13-8-6-12-11-5-4-9-14-10-11/h2,11-12H,1,3-10H2. The van der Waals surface area contributed by atoms with Crippen LogP contribution in [0.15, 0.2) is 12.7 Å². The summed E-state index contributed by atoms with van der Waals surface area (Å²) in [6.45, 7) is 6.28. The van der Waals surface area contributed by atoms with Crippen molar-refractivity contribution in [3.8, 4) is 0 Å². The van der Waals surface area contributed by atoms with Crippen LogP contribution in [0.5, 0.6) is 0 Å². The molecular weight excluding hydrogens is 194 g/mol. The molecule has 14 heavy (non-hydrogen) atoms. The molecule has 1 atom stereocenters. The van der Waals surface area contributed by atoms with E-state index in [4.69, 9.17) is 4.74 Å². The SMILES string of the molecule is C=CCCOCCNC1CCCSC1. The van der Waals surface area contributed by atoms with Crippen LogP contribution < -0.4 is 5.32 Å². The lowest BCUT2D eigenvalue weighted by Gasteiger charge is -2.22. The summed E-state index contributed by atoms with van der Waals surface area (Å²) in [6, 6.07) is 0.719. The topological polar surface area (TPSA) is 21.3 Å². The van der Waals surface area contributed by atoms with Crippen molar-refractivity contribution in [3.05, 3.63) is 12.7 Å². The zero-order valence-corrected chi connectivity index (χ0v) is 9.65. The quantitative estimate of drug-likeness (QED) is 0.519. The number of rotatable bonds is 7. The Balaban J connectivity index is 1.85. The number of thioether (sulfide) groups is 1. The zero-order chi connectivity index (χ0) is 10.1. The lowest BCUT2D eigenvalue weighted by Crippen LogP contribution is -2.35. The van der Waals surface area contributed by atoms with Crippen molar-refractivity contribution < 1.29 is 4.74 Å². The van der Waals surface area contributed by atoms with Crippen molar-refractivity contribution in [1.29, 1.82) is 0 Å². The minimum Gasteiger partial charge on any atom is -0.380 e. The zero-order valence-electron chi connectivity index (χ0n) is 8.84. The molecule has 1 unspecified atom stereocenters. The van der Waals surface area contributed by atoms with Crippen LogP contribution in [0.1, 0.15) is 19.3 Å². The van der Waals surface area contributed by atoms with Crippen LogP contribution in [0, 0.1) is 0 Å². The summed E-state index contributed by atoms with van der Waals surface area (Å²) in [6.07, 6.45) is 5.55. The monoisotopic (exact) mass is 215 g/mol. The van der Waals surface area contributed by atoms with Crippen molar-refractivity contribution in [3.63, 3.8) is 0 Å². The fourth-order valence-corrected chi connectivity index (χ4v) is 2.61. The number of hydrogen-bond acceptors (Lipinski definition) is 3. The predicted octanol–water partition coefficient (Wildman–Crippen LogP) is 2.06. The minimum atomic E-state index is 0.719. The summed E-state index contributed by atoms with van der Waals surface area (Å²) >= 11 is 2.06. The molecule has 0 aromatic heterocycles. The molecular formula is C11H21NOS. The van der Waals surface area contributed by atoms with Crippen molar-refractivity contribution in [1.82, 2.24) is 5.32 Å². The highest BCUT2D eigenvalue weighted by molar-refractivity contribution is 7.99. The van der Waals surface area contributed by atoms with Gasteiger partial charge in [-0.15, -0.1) is 6.58 Å². The molecule has 0 bridgehead atoms. The second kappa shape index (κ2) is 8.33. The molecule has 1 heterocycles. The van der Waals surface area contributed by atoms with Gasteiger partial charge in [0.05, 0.1) is 13.2 Å². The van der Waals surface area contributed by atoms with E-state index in [1.165, 1.54) is 24.3 Å². The Hall–Kier alpha value is 0.0100. The highest BCUT2D eigenvalue weighted by atomic mass is 32.2. The molecule has 0 aromatic carbocycles. The first-order valence-corrected chi connectivity index (χ1v) is 6.58. The van der Waals surface area contributed by atoms with E-state index in [2.05, 4.69) is 23.7 Å². The highest BCUT2D eigenvalue weighted by Gasteiger charge is 2.11. The maximum Gasteiger partial charge on any atom is 0.0591 e. The smallest absolute Gasteiger partial charge is 0.0591 e. The van der Waals surface area contributed by atoms with Crippen LogP contribution in [0.25, 0.3) is 0 Å². The number of hydrogen-bond donors (Lipinski definition) is 1. The van der Waals surface area contributed by atoms with Crippen LogP contribution in [-0.2, 0) is 4.74 Å². The third-order valence-electron chi connectivity index (χ3n) is 2.31. The first-order chi connectivity index (χ1) is 6.93. The Morgan fingerprint density at radius 1 is 1.50 bits per heavy atom.